The van der Waals surface area contributed by atoms with Crippen LogP contribution in [0.4, 0.5) is 4.79 Å². The molecular weight excluding hydrogens is 384 g/mol. The highest BCUT2D eigenvalue weighted by Gasteiger charge is 2.29. The highest BCUT2D eigenvalue weighted by molar-refractivity contribution is 5.88. The summed E-state index contributed by atoms with van der Waals surface area (Å²) in [4.78, 5) is 35.9. The zero-order valence-corrected chi connectivity index (χ0v) is 17.1. The minimum absolute atomic E-state index is 0.0547. The van der Waals surface area contributed by atoms with Crippen molar-refractivity contribution >= 4 is 18.0 Å². The maximum absolute atomic E-state index is 12.4. The van der Waals surface area contributed by atoms with Gasteiger partial charge in [-0.05, 0) is 28.7 Å². The average molecular weight is 410 g/mol. The number of hydrogen-bond donors (Lipinski definition) is 2. The molecule has 2 aromatic carbocycles. The molecule has 2 aromatic rings. The van der Waals surface area contributed by atoms with Crippen LogP contribution >= 0.6 is 0 Å². The quantitative estimate of drug-likeness (QED) is 0.653. The summed E-state index contributed by atoms with van der Waals surface area (Å²) >= 11 is 0. The predicted octanol–water partition coefficient (Wildman–Crippen LogP) is 2.98. The lowest BCUT2D eigenvalue weighted by molar-refractivity contribution is -0.141. The van der Waals surface area contributed by atoms with E-state index < -0.39 is 24.0 Å². The molecule has 2 N–H and O–H groups in total. The van der Waals surface area contributed by atoms with E-state index in [0.717, 1.165) is 22.3 Å². The molecule has 0 aromatic heterocycles. The summed E-state index contributed by atoms with van der Waals surface area (Å²) in [7, 11) is 1.24. The molecule has 30 heavy (non-hydrogen) atoms. The van der Waals surface area contributed by atoms with Crippen molar-refractivity contribution in [2.75, 3.05) is 20.3 Å². The first-order valence-corrected chi connectivity index (χ1v) is 10.0. The van der Waals surface area contributed by atoms with Gasteiger partial charge in [0.1, 0.15) is 19.2 Å². The molecule has 0 bridgehead atoms. The van der Waals surface area contributed by atoms with Gasteiger partial charge in [0.25, 0.3) is 0 Å². The zero-order valence-electron chi connectivity index (χ0n) is 17.1. The standard InChI is InChI=1S/C23H26N2O5/c1-3-8-20(22(27)24-13-21(26)29-2)25-23(28)30-14-19-17-11-6-4-9-15(17)16-10-5-7-12-18(16)19/h4-7,9-12,19-20H,3,8,13-14H2,1-2H3,(H,24,27)(H,25,28)/t20-/m1/s1. The lowest BCUT2D eigenvalue weighted by Crippen LogP contribution is -2.48. The van der Waals surface area contributed by atoms with Crippen molar-refractivity contribution in [2.45, 2.75) is 31.7 Å². The smallest absolute Gasteiger partial charge is 0.407 e. The summed E-state index contributed by atoms with van der Waals surface area (Å²) in [5, 5.41) is 5.07. The summed E-state index contributed by atoms with van der Waals surface area (Å²) in [5.41, 5.74) is 4.53. The van der Waals surface area contributed by atoms with E-state index in [9.17, 15) is 14.4 Å². The number of carbonyl (C=O) groups is 3. The fourth-order valence-corrected chi connectivity index (χ4v) is 3.69. The van der Waals surface area contributed by atoms with Gasteiger partial charge < -0.3 is 20.1 Å². The molecule has 0 saturated heterocycles. The lowest BCUT2D eigenvalue weighted by Gasteiger charge is -2.19. The number of nitrogens with one attached hydrogen (secondary N) is 2. The van der Waals surface area contributed by atoms with E-state index in [2.05, 4.69) is 27.5 Å². The van der Waals surface area contributed by atoms with E-state index in [1.807, 2.05) is 43.3 Å². The summed E-state index contributed by atoms with van der Waals surface area (Å²) < 4.78 is 10.0. The second-order valence-electron chi connectivity index (χ2n) is 7.11. The van der Waals surface area contributed by atoms with Crippen LogP contribution in [0.3, 0.4) is 0 Å². The Kier molecular flexibility index (Phi) is 7.06. The SMILES string of the molecule is CCC[C@@H](NC(=O)OCC1c2ccccc2-c2ccccc21)C(=O)NCC(=O)OC. The van der Waals surface area contributed by atoms with Crippen LogP contribution in [0.5, 0.6) is 0 Å². The molecule has 0 heterocycles. The van der Waals surface area contributed by atoms with Gasteiger partial charge in [-0.3, -0.25) is 9.59 Å². The fourth-order valence-electron chi connectivity index (χ4n) is 3.69. The van der Waals surface area contributed by atoms with Crippen LogP contribution in [0.15, 0.2) is 48.5 Å². The Balaban J connectivity index is 1.62. The molecule has 0 radical (unpaired) electrons. The zero-order chi connectivity index (χ0) is 21.5. The normalized spacial score (nSPS) is 13.0. The third-order valence-corrected chi connectivity index (χ3v) is 5.16. The first-order valence-electron chi connectivity index (χ1n) is 10.0. The van der Waals surface area contributed by atoms with Crippen LogP contribution in [-0.4, -0.2) is 44.3 Å². The van der Waals surface area contributed by atoms with E-state index in [1.54, 1.807) is 0 Å². The molecule has 7 nitrogen and oxygen atoms in total. The molecule has 0 fully saturated rings. The molecule has 0 aliphatic heterocycles. The minimum atomic E-state index is -0.782. The number of amides is 2. The minimum Gasteiger partial charge on any atom is -0.468 e. The van der Waals surface area contributed by atoms with Crippen molar-refractivity contribution in [1.29, 1.82) is 0 Å². The highest BCUT2D eigenvalue weighted by Crippen LogP contribution is 2.44. The Morgan fingerprint density at radius 2 is 1.60 bits per heavy atom. The first-order chi connectivity index (χ1) is 14.5. The molecule has 0 spiro atoms. The van der Waals surface area contributed by atoms with Crippen molar-refractivity contribution in [3.63, 3.8) is 0 Å². The number of benzene rings is 2. The maximum Gasteiger partial charge on any atom is 0.407 e. The molecule has 3 rings (SSSR count). The molecule has 0 saturated carbocycles. The Morgan fingerprint density at radius 1 is 1.00 bits per heavy atom. The van der Waals surface area contributed by atoms with Gasteiger partial charge in [0, 0.05) is 5.92 Å². The topological polar surface area (TPSA) is 93.7 Å². The maximum atomic E-state index is 12.4. The van der Waals surface area contributed by atoms with Crippen molar-refractivity contribution < 1.29 is 23.9 Å². The summed E-state index contributed by atoms with van der Waals surface area (Å²) in [6.45, 7) is 1.82. The summed E-state index contributed by atoms with van der Waals surface area (Å²) in [5.74, 6) is -1.06. The lowest BCUT2D eigenvalue weighted by atomic mass is 9.98. The number of carbonyl (C=O) groups excluding carboxylic acids is 3. The second kappa shape index (κ2) is 9.91. The van der Waals surface area contributed by atoms with Crippen LogP contribution in [0.25, 0.3) is 11.1 Å². The van der Waals surface area contributed by atoms with Crippen molar-refractivity contribution in [3.05, 3.63) is 59.7 Å². The monoisotopic (exact) mass is 410 g/mol. The van der Waals surface area contributed by atoms with Gasteiger partial charge in [-0.15, -0.1) is 0 Å². The van der Waals surface area contributed by atoms with Gasteiger partial charge in [0.15, 0.2) is 0 Å². The highest BCUT2D eigenvalue weighted by atomic mass is 16.5. The largest absolute Gasteiger partial charge is 0.468 e. The van der Waals surface area contributed by atoms with Crippen LogP contribution in [0, 0.1) is 0 Å². The van der Waals surface area contributed by atoms with E-state index in [4.69, 9.17) is 4.74 Å². The van der Waals surface area contributed by atoms with Gasteiger partial charge in [-0.25, -0.2) is 4.79 Å². The summed E-state index contributed by atoms with van der Waals surface area (Å²) in [6, 6.07) is 15.4. The second-order valence-corrected chi connectivity index (χ2v) is 7.11. The number of ether oxygens (including phenoxy) is 2. The number of methoxy groups -OCH3 is 1. The van der Waals surface area contributed by atoms with Crippen molar-refractivity contribution in [2.24, 2.45) is 0 Å². The van der Waals surface area contributed by atoms with Gasteiger partial charge in [-0.1, -0.05) is 61.9 Å². The van der Waals surface area contributed by atoms with Crippen molar-refractivity contribution in [3.8, 4) is 11.1 Å². The third-order valence-electron chi connectivity index (χ3n) is 5.16. The number of hydrogen-bond acceptors (Lipinski definition) is 5. The Labute approximate surface area is 175 Å². The molecular formula is C23H26N2O5. The van der Waals surface area contributed by atoms with Gasteiger partial charge in [-0.2, -0.15) is 0 Å². The van der Waals surface area contributed by atoms with Gasteiger partial charge in [0.2, 0.25) is 5.91 Å². The van der Waals surface area contributed by atoms with Crippen LogP contribution in [0.1, 0.15) is 36.8 Å². The van der Waals surface area contributed by atoms with Gasteiger partial charge in [0.05, 0.1) is 7.11 Å². The first kappa shape index (κ1) is 21.4. The molecule has 0 unspecified atom stereocenters. The van der Waals surface area contributed by atoms with E-state index >= 15 is 0 Å². The fraction of sp³-hybridized carbons (Fsp3) is 0.348. The molecule has 1 atom stereocenters. The predicted molar refractivity (Wildman–Crippen MR) is 112 cm³/mol. The van der Waals surface area contributed by atoms with E-state index in [0.29, 0.717) is 12.8 Å². The third kappa shape index (κ3) is 4.79. The number of alkyl carbamates (subject to hydrolysis) is 1. The van der Waals surface area contributed by atoms with Gasteiger partial charge >= 0.3 is 12.1 Å². The summed E-state index contributed by atoms with van der Waals surface area (Å²) in [6.07, 6.45) is 0.445. The molecule has 158 valence electrons. The number of esters is 1. The Morgan fingerprint density at radius 3 is 2.17 bits per heavy atom. The van der Waals surface area contributed by atoms with Crippen LogP contribution in [-0.2, 0) is 19.1 Å². The molecule has 1 aliphatic rings. The molecule has 7 heteroatoms. The van der Waals surface area contributed by atoms with E-state index in [-0.39, 0.29) is 19.1 Å². The van der Waals surface area contributed by atoms with Crippen molar-refractivity contribution in [1.82, 2.24) is 10.6 Å². The van der Waals surface area contributed by atoms with Crippen LogP contribution < -0.4 is 10.6 Å². The average Bonchev–Trinajstić information content (AvgIpc) is 3.09. The molecule has 1 aliphatic carbocycles. The number of fused-ring (bicyclic) bond motifs is 3. The Bertz CT molecular complexity index is 882. The Hall–Kier alpha value is -3.35. The number of rotatable bonds is 8. The van der Waals surface area contributed by atoms with Crippen LogP contribution in [0.2, 0.25) is 0 Å². The van der Waals surface area contributed by atoms with E-state index in [1.165, 1.54) is 7.11 Å². The molecule has 2 amide bonds.